The van der Waals surface area contributed by atoms with E-state index in [2.05, 4.69) is 64.1 Å². The molecule has 1 aromatic rings. The predicted octanol–water partition coefficient (Wildman–Crippen LogP) is 5.43. The quantitative estimate of drug-likeness (QED) is 0.497. The monoisotopic (exact) mass is 290 g/mol. The summed E-state index contributed by atoms with van der Waals surface area (Å²) in [6, 6.07) is 10.7. The van der Waals surface area contributed by atoms with Gasteiger partial charge in [0.15, 0.2) is 0 Å². The van der Waals surface area contributed by atoms with Gasteiger partial charge in [-0.15, -0.1) is 11.4 Å². The fraction of sp³-hybridized carbons (Fsp3) is 0.455. The minimum atomic E-state index is -0.0393. The molecule has 1 atom stereocenters. The number of hydrogen-bond acceptors (Lipinski definition) is 1. The Morgan fingerprint density at radius 3 is 2.64 bits per heavy atom. The molecule has 0 heterocycles. The van der Waals surface area contributed by atoms with Gasteiger partial charge < -0.3 is 0 Å². The number of benzene rings is 1. The number of rotatable bonds is 6. The Bertz CT molecular complexity index is 240. The van der Waals surface area contributed by atoms with E-state index >= 15 is 0 Å². The van der Waals surface area contributed by atoms with E-state index in [0.29, 0.717) is 0 Å². The Labute approximate surface area is 100 Å². The molecular weight excluding hydrogens is 275 g/mol. The van der Waals surface area contributed by atoms with Crippen molar-refractivity contribution >= 4 is 32.7 Å². The zero-order valence-electron chi connectivity index (χ0n) is 8.45. The van der Waals surface area contributed by atoms with Gasteiger partial charge in [0, 0.05) is 12.0 Å². The van der Waals surface area contributed by atoms with Gasteiger partial charge in [0.05, 0.1) is 0 Å². The van der Waals surface area contributed by atoms with Crippen molar-refractivity contribution in [3.8, 4) is 0 Å². The van der Waals surface area contributed by atoms with E-state index in [0.717, 1.165) is 0 Å². The molecule has 1 aromatic carbocycles. The van der Waals surface area contributed by atoms with Gasteiger partial charge in [-0.25, -0.2) is 0 Å². The number of unbranched alkanes of at least 4 members (excludes halogenated alkanes) is 1. The summed E-state index contributed by atoms with van der Waals surface area (Å²) in [7, 11) is 0. The third kappa shape index (κ3) is 5.38. The molecule has 0 saturated carbocycles. The fourth-order valence-electron chi connectivity index (χ4n) is 1.08. The van der Waals surface area contributed by atoms with Crippen molar-refractivity contribution in [2.45, 2.75) is 25.9 Å². The second kappa shape index (κ2) is 7.73. The van der Waals surface area contributed by atoms with Gasteiger partial charge in [0.2, 0.25) is 0 Å². The Morgan fingerprint density at radius 2 is 2.00 bits per heavy atom. The van der Waals surface area contributed by atoms with E-state index in [1.807, 2.05) is 0 Å². The SMILES string of the molecule is CCCCSP(Br)Cc1ccccc1. The lowest BCUT2D eigenvalue weighted by Crippen LogP contribution is -1.79. The lowest BCUT2D eigenvalue weighted by molar-refractivity contribution is 0.898. The van der Waals surface area contributed by atoms with E-state index < -0.39 is 0 Å². The fourth-order valence-corrected chi connectivity index (χ4v) is 6.16. The molecule has 0 saturated heterocycles. The first-order valence-electron chi connectivity index (χ1n) is 4.93. The van der Waals surface area contributed by atoms with E-state index in [-0.39, 0.29) is 5.83 Å². The number of hydrogen-bond donors (Lipinski definition) is 0. The molecule has 0 radical (unpaired) electrons. The van der Waals surface area contributed by atoms with Gasteiger partial charge in [0.1, 0.15) is 0 Å². The van der Waals surface area contributed by atoms with Crippen molar-refractivity contribution in [1.29, 1.82) is 0 Å². The normalized spacial score (nSPS) is 12.7. The maximum Gasteiger partial charge on any atom is 0.0279 e. The molecule has 0 fully saturated rings. The lowest BCUT2D eigenvalue weighted by atomic mass is 10.2. The van der Waals surface area contributed by atoms with E-state index in [4.69, 9.17) is 0 Å². The van der Waals surface area contributed by atoms with Crippen LogP contribution in [0.3, 0.4) is 0 Å². The summed E-state index contributed by atoms with van der Waals surface area (Å²) < 4.78 is 0. The first-order valence-corrected chi connectivity index (χ1v) is 10.1. The average molecular weight is 291 g/mol. The zero-order valence-corrected chi connectivity index (χ0v) is 11.7. The Hall–Kier alpha value is 0.480. The third-order valence-corrected chi connectivity index (χ3v) is 7.61. The standard InChI is InChI=1S/C11H16BrPS/c1-2-3-9-14-13(12)10-11-7-5-4-6-8-11/h4-8H,2-3,9-10H2,1H3. The van der Waals surface area contributed by atoms with Gasteiger partial charge in [-0.1, -0.05) is 43.7 Å². The third-order valence-electron chi connectivity index (χ3n) is 1.88. The van der Waals surface area contributed by atoms with Crippen LogP contribution < -0.4 is 0 Å². The Kier molecular flexibility index (Phi) is 6.93. The van der Waals surface area contributed by atoms with Crippen LogP contribution in [0.1, 0.15) is 25.3 Å². The summed E-state index contributed by atoms with van der Waals surface area (Å²) in [5.41, 5.74) is 1.44. The van der Waals surface area contributed by atoms with Crippen LogP contribution in [0.4, 0.5) is 0 Å². The van der Waals surface area contributed by atoms with Crippen LogP contribution in [0, 0.1) is 0 Å². The van der Waals surface area contributed by atoms with Crippen LogP contribution in [0.5, 0.6) is 0 Å². The van der Waals surface area contributed by atoms with Crippen LogP contribution in [0.2, 0.25) is 0 Å². The highest BCUT2D eigenvalue weighted by molar-refractivity contribution is 9.47. The second-order valence-electron chi connectivity index (χ2n) is 3.15. The molecule has 0 amide bonds. The first kappa shape index (κ1) is 12.5. The van der Waals surface area contributed by atoms with Crippen molar-refractivity contribution in [2.24, 2.45) is 0 Å². The van der Waals surface area contributed by atoms with Crippen LogP contribution >= 0.6 is 32.7 Å². The molecule has 0 aromatic heterocycles. The summed E-state index contributed by atoms with van der Waals surface area (Å²) in [6.45, 7) is 2.24. The summed E-state index contributed by atoms with van der Waals surface area (Å²) in [6.07, 6.45) is 3.82. The molecule has 0 aliphatic carbocycles. The lowest BCUT2D eigenvalue weighted by Gasteiger charge is -2.08. The van der Waals surface area contributed by atoms with Crippen molar-refractivity contribution in [2.75, 3.05) is 5.75 Å². The molecule has 1 unspecified atom stereocenters. The molecule has 0 spiro atoms. The predicted molar refractivity (Wildman–Crippen MR) is 73.4 cm³/mol. The summed E-state index contributed by atoms with van der Waals surface area (Å²) in [4.78, 5) is 0. The van der Waals surface area contributed by atoms with Crippen molar-refractivity contribution in [1.82, 2.24) is 0 Å². The van der Waals surface area contributed by atoms with Gasteiger partial charge in [-0.3, -0.25) is 0 Å². The van der Waals surface area contributed by atoms with Gasteiger partial charge in [-0.2, -0.15) is 0 Å². The van der Waals surface area contributed by atoms with Crippen LogP contribution in [0.25, 0.3) is 0 Å². The summed E-state index contributed by atoms with van der Waals surface area (Å²) in [5, 5.41) is 0. The van der Waals surface area contributed by atoms with E-state index in [1.54, 1.807) is 0 Å². The highest BCUT2D eigenvalue weighted by Gasteiger charge is 2.04. The van der Waals surface area contributed by atoms with Gasteiger partial charge in [0.25, 0.3) is 0 Å². The van der Waals surface area contributed by atoms with Crippen LogP contribution in [0.15, 0.2) is 30.3 Å². The Morgan fingerprint density at radius 1 is 1.29 bits per heavy atom. The molecule has 1 rings (SSSR count). The minimum Gasteiger partial charge on any atom is -0.122 e. The van der Waals surface area contributed by atoms with Gasteiger partial charge >= 0.3 is 0 Å². The smallest absolute Gasteiger partial charge is 0.0279 e. The highest BCUT2D eigenvalue weighted by Crippen LogP contribution is 2.59. The molecule has 0 nitrogen and oxygen atoms in total. The molecule has 0 N–H and O–H groups in total. The molecule has 0 bridgehead atoms. The van der Waals surface area contributed by atoms with Crippen LogP contribution in [-0.2, 0) is 6.16 Å². The minimum absolute atomic E-state index is 0.0393. The van der Waals surface area contributed by atoms with Gasteiger partial charge in [-0.05, 0) is 33.2 Å². The van der Waals surface area contributed by atoms with E-state index in [9.17, 15) is 0 Å². The molecule has 78 valence electrons. The summed E-state index contributed by atoms with van der Waals surface area (Å²) in [5.74, 6) is 1.25. The Balaban J connectivity index is 2.23. The van der Waals surface area contributed by atoms with Crippen molar-refractivity contribution in [3.63, 3.8) is 0 Å². The average Bonchev–Trinajstić information content (AvgIpc) is 2.20. The molecule has 14 heavy (non-hydrogen) atoms. The summed E-state index contributed by atoms with van der Waals surface area (Å²) >= 11 is 5.85. The molecular formula is C11H16BrPS. The molecule has 3 heteroatoms. The second-order valence-corrected chi connectivity index (χ2v) is 10.8. The maximum atomic E-state index is 3.77. The van der Waals surface area contributed by atoms with Crippen molar-refractivity contribution in [3.05, 3.63) is 35.9 Å². The van der Waals surface area contributed by atoms with E-state index in [1.165, 1.54) is 30.3 Å². The zero-order chi connectivity index (χ0) is 10.2. The maximum absolute atomic E-state index is 3.77. The largest absolute Gasteiger partial charge is 0.122 e. The highest BCUT2D eigenvalue weighted by atomic mass is 79.9. The molecule has 0 aliphatic rings. The van der Waals surface area contributed by atoms with Crippen molar-refractivity contribution < 1.29 is 0 Å². The first-order chi connectivity index (χ1) is 6.83. The number of halogens is 1. The topological polar surface area (TPSA) is 0 Å². The molecule has 0 aliphatic heterocycles. The van der Waals surface area contributed by atoms with Crippen LogP contribution in [-0.4, -0.2) is 5.75 Å².